The van der Waals surface area contributed by atoms with Crippen molar-refractivity contribution in [3.05, 3.63) is 77.4 Å². The molecule has 2 aromatic rings. The van der Waals surface area contributed by atoms with Gasteiger partial charge in [0.2, 0.25) is 0 Å². The molecule has 5 nitrogen and oxygen atoms in total. The summed E-state index contributed by atoms with van der Waals surface area (Å²) in [5.41, 5.74) is 3.24. The Morgan fingerprint density at radius 1 is 1.12 bits per heavy atom. The fourth-order valence-electron chi connectivity index (χ4n) is 2.45. The molecule has 26 heavy (non-hydrogen) atoms. The molecule has 0 aliphatic heterocycles. The molecule has 0 fully saturated rings. The van der Waals surface area contributed by atoms with Gasteiger partial charge in [-0.3, -0.25) is 0 Å². The molecule has 0 N–H and O–H groups in total. The van der Waals surface area contributed by atoms with Crippen LogP contribution >= 0.6 is 0 Å². The highest BCUT2D eigenvalue weighted by molar-refractivity contribution is 5.81. The minimum absolute atomic E-state index is 0.400. The third-order valence-electron chi connectivity index (χ3n) is 3.87. The van der Waals surface area contributed by atoms with Crippen LogP contribution in [0.5, 0.6) is 0 Å². The van der Waals surface area contributed by atoms with Gasteiger partial charge < -0.3 is 9.64 Å². The lowest BCUT2D eigenvalue weighted by Crippen LogP contribution is -2.26. The number of carbonyl (C=O) groups excluding carboxylic acids is 1. The van der Waals surface area contributed by atoms with Crippen molar-refractivity contribution in [1.82, 2.24) is 0 Å². The van der Waals surface area contributed by atoms with Crippen LogP contribution in [0.15, 0.2) is 60.7 Å². The number of nitriles is 2. The molecule has 0 saturated carbocycles. The van der Waals surface area contributed by atoms with Gasteiger partial charge in [-0.15, -0.1) is 0 Å². The monoisotopic (exact) mass is 345 g/mol. The average Bonchev–Trinajstić information content (AvgIpc) is 2.70. The molecule has 0 aliphatic carbocycles. The van der Waals surface area contributed by atoms with Gasteiger partial charge in [-0.1, -0.05) is 24.3 Å². The summed E-state index contributed by atoms with van der Waals surface area (Å²) in [6.45, 7) is 1.21. The number of esters is 1. The van der Waals surface area contributed by atoms with Crippen molar-refractivity contribution in [3.8, 4) is 12.1 Å². The van der Waals surface area contributed by atoms with E-state index in [1.165, 1.54) is 13.2 Å². The minimum Gasteiger partial charge on any atom is -0.466 e. The highest BCUT2D eigenvalue weighted by Crippen LogP contribution is 2.17. The van der Waals surface area contributed by atoms with Crippen LogP contribution in [0.4, 0.5) is 5.69 Å². The zero-order valence-corrected chi connectivity index (χ0v) is 14.6. The van der Waals surface area contributed by atoms with Gasteiger partial charge in [0, 0.05) is 24.9 Å². The smallest absolute Gasteiger partial charge is 0.330 e. The van der Waals surface area contributed by atoms with Crippen molar-refractivity contribution in [1.29, 1.82) is 10.5 Å². The Bertz CT molecular complexity index is 858. The molecule has 130 valence electrons. The molecule has 0 unspecified atom stereocenters. The van der Waals surface area contributed by atoms with Crippen molar-refractivity contribution in [2.75, 3.05) is 25.1 Å². The van der Waals surface area contributed by atoms with Crippen LogP contribution < -0.4 is 4.90 Å². The molecule has 0 heterocycles. The molecule has 2 rings (SSSR count). The summed E-state index contributed by atoms with van der Waals surface area (Å²) in [5.74, 6) is -0.400. The van der Waals surface area contributed by atoms with E-state index in [9.17, 15) is 4.79 Å². The normalized spacial score (nSPS) is 10.1. The van der Waals surface area contributed by atoms with Crippen LogP contribution in [0.25, 0.3) is 0 Å². The Morgan fingerprint density at radius 3 is 2.50 bits per heavy atom. The predicted molar refractivity (Wildman–Crippen MR) is 99.4 cm³/mol. The van der Waals surface area contributed by atoms with Gasteiger partial charge in [0.05, 0.1) is 30.4 Å². The van der Waals surface area contributed by atoms with Gasteiger partial charge in [0.15, 0.2) is 0 Å². The van der Waals surface area contributed by atoms with E-state index in [2.05, 4.69) is 21.8 Å². The molecule has 0 saturated heterocycles. The van der Waals surface area contributed by atoms with E-state index in [1.807, 2.05) is 30.3 Å². The highest BCUT2D eigenvalue weighted by Gasteiger charge is 2.07. The second-order valence-corrected chi connectivity index (χ2v) is 5.59. The third-order valence-corrected chi connectivity index (χ3v) is 3.87. The number of carbonyl (C=O) groups is 1. The molecule has 2 aromatic carbocycles. The summed E-state index contributed by atoms with van der Waals surface area (Å²) >= 11 is 0. The van der Waals surface area contributed by atoms with Crippen LogP contribution in [0.2, 0.25) is 0 Å². The van der Waals surface area contributed by atoms with E-state index in [0.717, 1.165) is 17.7 Å². The average molecular weight is 345 g/mol. The first-order valence-corrected chi connectivity index (χ1v) is 8.15. The zero-order valence-electron chi connectivity index (χ0n) is 14.6. The summed E-state index contributed by atoms with van der Waals surface area (Å²) in [6.07, 6.45) is 3.90. The maximum atomic E-state index is 11.3. The number of methoxy groups -OCH3 is 1. The largest absolute Gasteiger partial charge is 0.466 e. The summed E-state index contributed by atoms with van der Waals surface area (Å²) in [6, 6.07) is 19.1. The van der Waals surface area contributed by atoms with Crippen LogP contribution in [-0.4, -0.2) is 26.2 Å². The molecule has 0 radical (unpaired) electrons. The second kappa shape index (κ2) is 9.66. The first kappa shape index (κ1) is 18.8. The zero-order chi connectivity index (χ0) is 18.8. The molecule has 0 spiro atoms. The Hall–Kier alpha value is -3.57. The number of hydrogen-bond acceptors (Lipinski definition) is 5. The molecule has 5 heteroatoms. The fraction of sp³-hybridized carbons (Fsp3) is 0.190. The van der Waals surface area contributed by atoms with Gasteiger partial charge in [-0.25, -0.2) is 4.79 Å². The lowest BCUT2D eigenvalue weighted by molar-refractivity contribution is -0.134. The lowest BCUT2D eigenvalue weighted by atomic mass is 10.1. The first-order chi connectivity index (χ1) is 12.7. The van der Waals surface area contributed by atoms with Crippen molar-refractivity contribution >= 4 is 11.7 Å². The molecule has 0 bridgehead atoms. The number of ether oxygens (including phenoxy) is 1. The molecule has 0 atom stereocenters. The predicted octanol–water partition coefficient (Wildman–Crippen LogP) is 3.21. The van der Waals surface area contributed by atoms with E-state index in [4.69, 9.17) is 10.5 Å². The molecular weight excluding hydrogens is 326 g/mol. The Kier molecular flexibility index (Phi) is 6.97. The molecule has 0 amide bonds. The maximum Gasteiger partial charge on any atom is 0.330 e. The quantitative estimate of drug-likeness (QED) is 0.569. The summed E-state index contributed by atoms with van der Waals surface area (Å²) in [5, 5.41) is 18.0. The van der Waals surface area contributed by atoms with Crippen molar-refractivity contribution < 1.29 is 9.53 Å². The third kappa shape index (κ3) is 5.51. The molecule has 0 aromatic heterocycles. The van der Waals surface area contributed by atoms with Crippen LogP contribution in [-0.2, 0) is 16.0 Å². The number of rotatable bonds is 7. The van der Waals surface area contributed by atoms with Gasteiger partial charge in [-0.05, 0) is 42.3 Å². The Balaban J connectivity index is 2.13. The number of nitrogens with zero attached hydrogens (tertiary/aromatic N) is 3. The maximum absolute atomic E-state index is 11.3. The van der Waals surface area contributed by atoms with Gasteiger partial charge in [-0.2, -0.15) is 10.5 Å². The van der Waals surface area contributed by atoms with E-state index in [1.54, 1.807) is 24.3 Å². The van der Waals surface area contributed by atoms with E-state index in [0.29, 0.717) is 24.2 Å². The number of benzene rings is 2. The van der Waals surface area contributed by atoms with Crippen LogP contribution in [0, 0.1) is 22.7 Å². The van der Waals surface area contributed by atoms with E-state index >= 15 is 0 Å². The first-order valence-electron chi connectivity index (χ1n) is 8.15. The van der Waals surface area contributed by atoms with Gasteiger partial charge in [0.25, 0.3) is 0 Å². The Labute approximate surface area is 153 Å². The number of anilines is 1. The van der Waals surface area contributed by atoms with Crippen molar-refractivity contribution in [2.45, 2.75) is 6.42 Å². The van der Waals surface area contributed by atoms with Crippen LogP contribution in [0.1, 0.15) is 16.7 Å². The lowest BCUT2D eigenvalue weighted by Gasteiger charge is -2.23. The van der Waals surface area contributed by atoms with Gasteiger partial charge >= 0.3 is 5.97 Å². The topological polar surface area (TPSA) is 77.1 Å². The SMILES string of the molecule is COC(=O)C=CCN(CCc1ccc(C#N)cc1)c1cccc(C#N)c1. The highest BCUT2D eigenvalue weighted by atomic mass is 16.5. The van der Waals surface area contributed by atoms with Crippen LogP contribution in [0.3, 0.4) is 0 Å². The van der Waals surface area contributed by atoms with Crippen molar-refractivity contribution in [2.24, 2.45) is 0 Å². The standard InChI is InChI=1S/C21H19N3O2/c1-26-21(25)6-3-12-24(20-5-2-4-19(14-20)16-23)13-11-17-7-9-18(15-22)10-8-17/h2-10,14H,11-13H2,1H3. The summed E-state index contributed by atoms with van der Waals surface area (Å²) in [4.78, 5) is 13.4. The van der Waals surface area contributed by atoms with Crippen molar-refractivity contribution in [3.63, 3.8) is 0 Å². The Morgan fingerprint density at radius 2 is 1.85 bits per heavy atom. The minimum atomic E-state index is -0.400. The summed E-state index contributed by atoms with van der Waals surface area (Å²) < 4.78 is 4.61. The van der Waals surface area contributed by atoms with E-state index in [-0.39, 0.29) is 0 Å². The number of hydrogen-bond donors (Lipinski definition) is 0. The summed E-state index contributed by atoms with van der Waals surface area (Å²) in [7, 11) is 1.34. The fourth-order valence-corrected chi connectivity index (χ4v) is 2.45. The van der Waals surface area contributed by atoms with E-state index < -0.39 is 5.97 Å². The second-order valence-electron chi connectivity index (χ2n) is 5.59. The molecule has 0 aliphatic rings. The van der Waals surface area contributed by atoms with Gasteiger partial charge in [0.1, 0.15) is 0 Å². The molecular formula is C21H19N3O2.